The molecular formula is C24H36O3. The van der Waals surface area contributed by atoms with E-state index in [0.717, 1.165) is 24.8 Å². The number of fused-ring (bicyclic) bond motifs is 2. The van der Waals surface area contributed by atoms with E-state index >= 15 is 0 Å². The van der Waals surface area contributed by atoms with Gasteiger partial charge in [0.05, 0.1) is 0 Å². The van der Waals surface area contributed by atoms with E-state index in [0.29, 0.717) is 17.9 Å². The first-order valence-electron chi connectivity index (χ1n) is 10.7. The minimum absolute atomic E-state index is 0.0316. The van der Waals surface area contributed by atoms with Gasteiger partial charge in [0.1, 0.15) is 17.3 Å². The lowest BCUT2D eigenvalue weighted by molar-refractivity contribution is -0.151. The van der Waals surface area contributed by atoms with Gasteiger partial charge < -0.3 is 10.2 Å². The summed E-state index contributed by atoms with van der Waals surface area (Å²) in [5.74, 6) is 1.04. The van der Waals surface area contributed by atoms with Gasteiger partial charge in [0.25, 0.3) is 0 Å². The second-order valence-electron chi connectivity index (χ2n) is 10.1. The highest BCUT2D eigenvalue weighted by molar-refractivity contribution is 5.86. The molecule has 4 rings (SSSR count). The number of ketones is 1. The molecule has 3 nitrogen and oxygen atoms in total. The van der Waals surface area contributed by atoms with Crippen molar-refractivity contribution in [2.45, 2.75) is 90.9 Å². The van der Waals surface area contributed by atoms with Crippen molar-refractivity contribution >= 4 is 5.78 Å². The number of phenols is 2. The zero-order valence-electron chi connectivity index (χ0n) is 17.6. The summed E-state index contributed by atoms with van der Waals surface area (Å²) in [5, 5.41) is 21.6. The summed E-state index contributed by atoms with van der Waals surface area (Å²) in [7, 11) is 0. The Morgan fingerprint density at radius 2 is 1.74 bits per heavy atom. The number of hydrogen-bond acceptors (Lipinski definition) is 3. The fourth-order valence-corrected chi connectivity index (χ4v) is 5.52. The normalized spacial score (nSPS) is 26.7. The molecule has 0 saturated heterocycles. The third-order valence-corrected chi connectivity index (χ3v) is 7.58. The Labute approximate surface area is 164 Å². The van der Waals surface area contributed by atoms with Gasteiger partial charge in [0.2, 0.25) is 0 Å². The van der Waals surface area contributed by atoms with Crippen LogP contribution < -0.4 is 0 Å². The summed E-state index contributed by atoms with van der Waals surface area (Å²) >= 11 is 0. The molecule has 0 unspecified atom stereocenters. The first-order valence-corrected chi connectivity index (χ1v) is 10.7. The largest absolute Gasteiger partial charge is 0.508 e. The monoisotopic (exact) mass is 372 g/mol. The second-order valence-corrected chi connectivity index (χ2v) is 10.1. The van der Waals surface area contributed by atoms with Gasteiger partial charge in [0.15, 0.2) is 0 Å². The molecule has 3 saturated carbocycles. The van der Waals surface area contributed by atoms with E-state index in [4.69, 9.17) is 0 Å². The van der Waals surface area contributed by atoms with Gasteiger partial charge in [-0.15, -0.1) is 0 Å². The molecule has 2 N–H and O–H groups in total. The standard InChI is InChI=1S/C24H36O3/c1-6-7-8-9-10-23(2,3)15-11-20(26)22(21(27)12-15)16-13-19(25)18-14-17(16)24(18,4)5/h11-12,16-18,26-27H,6-10,13-14H2,1-5H3/t16-,17-,18+/m0/s1. The molecule has 1 aromatic carbocycles. The van der Waals surface area contributed by atoms with Crippen LogP contribution in [0, 0.1) is 17.3 Å². The number of rotatable bonds is 7. The van der Waals surface area contributed by atoms with Gasteiger partial charge in [-0.2, -0.15) is 0 Å². The molecule has 0 spiro atoms. The van der Waals surface area contributed by atoms with E-state index in [1.54, 1.807) is 0 Å². The first-order chi connectivity index (χ1) is 12.6. The van der Waals surface area contributed by atoms with E-state index in [2.05, 4.69) is 34.6 Å². The Morgan fingerprint density at radius 3 is 2.26 bits per heavy atom. The fourth-order valence-electron chi connectivity index (χ4n) is 5.52. The van der Waals surface area contributed by atoms with Crippen molar-refractivity contribution < 1.29 is 15.0 Å². The molecule has 1 aromatic rings. The minimum atomic E-state index is -0.0928. The van der Waals surface area contributed by atoms with Crippen LogP contribution in [-0.4, -0.2) is 16.0 Å². The van der Waals surface area contributed by atoms with Gasteiger partial charge >= 0.3 is 0 Å². The van der Waals surface area contributed by atoms with Gasteiger partial charge in [-0.05, 0) is 47.3 Å². The van der Waals surface area contributed by atoms with Crippen LogP contribution >= 0.6 is 0 Å². The zero-order chi connectivity index (χ0) is 20.0. The Morgan fingerprint density at radius 1 is 1.11 bits per heavy atom. The number of benzene rings is 1. The predicted molar refractivity (Wildman–Crippen MR) is 109 cm³/mol. The third-order valence-electron chi connectivity index (χ3n) is 7.58. The topological polar surface area (TPSA) is 57.5 Å². The molecule has 0 aromatic heterocycles. The van der Waals surface area contributed by atoms with Crippen molar-refractivity contribution in [2.75, 3.05) is 0 Å². The highest BCUT2D eigenvalue weighted by atomic mass is 16.3. The lowest BCUT2D eigenvalue weighted by Crippen LogP contribution is -2.56. The molecule has 3 heteroatoms. The molecule has 3 fully saturated rings. The Kier molecular flexibility index (Phi) is 5.35. The van der Waals surface area contributed by atoms with Gasteiger partial charge in [0, 0.05) is 23.8 Å². The summed E-state index contributed by atoms with van der Waals surface area (Å²) in [5.41, 5.74) is 1.44. The lowest BCUT2D eigenvalue weighted by Gasteiger charge is -2.59. The van der Waals surface area contributed by atoms with Crippen molar-refractivity contribution in [3.63, 3.8) is 0 Å². The summed E-state index contributed by atoms with van der Waals surface area (Å²) in [6, 6.07) is 3.66. The van der Waals surface area contributed by atoms with Gasteiger partial charge in [-0.25, -0.2) is 0 Å². The van der Waals surface area contributed by atoms with E-state index in [-0.39, 0.29) is 39.9 Å². The van der Waals surface area contributed by atoms with Crippen molar-refractivity contribution in [2.24, 2.45) is 17.3 Å². The Bertz CT molecular complexity index is 693. The third kappa shape index (κ3) is 3.50. The SMILES string of the molecule is CCCCCCC(C)(C)c1cc(O)c([C@H]2CC(=O)[C@H]3C[C@@H]2C3(C)C)c(O)c1. The molecule has 2 bridgehead atoms. The van der Waals surface area contributed by atoms with Crippen molar-refractivity contribution in [1.29, 1.82) is 0 Å². The molecule has 27 heavy (non-hydrogen) atoms. The van der Waals surface area contributed by atoms with Crippen LogP contribution in [0.2, 0.25) is 0 Å². The van der Waals surface area contributed by atoms with Crippen LogP contribution in [0.15, 0.2) is 12.1 Å². The van der Waals surface area contributed by atoms with Crippen LogP contribution in [0.1, 0.15) is 96.6 Å². The highest BCUT2D eigenvalue weighted by Crippen LogP contribution is 2.64. The number of aromatic hydroxyl groups is 2. The number of Topliss-reactive ketones (excluding diaryl/α,β-unsaturated/α-hetero) is 1. The number of unbranched alkanes of at least 4 members (excludes halogenated alkanes) is 3. The Balaban J connectivity index is 1.84. The quantitative estimate of drug-likeness (QED) is 0.572. The van der Waals surface area contributed by atoms with E-state index in [1.165, 1.54) is 19.3 Å². The van der Waals surface area contributed by atoms with Crippen LogP contribution in [0.5, 0.6) is 11.5 Å². The maximum atomic E-state index is 12.5. The van der Waals surface area contributed by atoms with Crippen molar-refractivity contribution in [3.8, 4) is 11.5 Å². The summed E-state index contributed by atoms with van der Waals surface area (Å²) < 4.78 is 0. The molecule has 3 aliphatic rings. The predicted octanol–water partition coefficient (Wildman–Crippen LogP) is 6.06. The highest BCUT2D eigenvalue weighted by Gasteiger charge is 2.59. The van der Waals surface area contributed by atoms with E-state index in [1.807, 2.05) is 12.1 Å². The summed E-state index contributed by atoms with van der Waals surface area (Å²) in [6.45, 7) is 10.9. The lowest BCUT2D eigenvalue weighted by atomic mass is 9.44. The average Bonchev–Trinajstić information content (AvgIpc) is 2.57. The van der Waals surface area contributed by atoms with Crippen LogP contribution in [0.4, 0.5) is 0 Å². The number of carbonyl (C=O) groups is 1. The van der Waals surface area contributed by atoms with Crippen LogP contribution in [0.25, 0.3) is 0 Å². The van der Waals surface area contributed by atoms with Crippen molar-refractivity contribution in [1.82, 2.24) is 0 Å². The maximum Gasteiger partial charge on any atom is 0.137 e. The average molecular weight is 373 g/mol. The zero-order valence-corrected chi connectivity index (χ0v) is 17.6. The molecule has 0 aliphatic heterocycles. The fraction of sp³-hybridized carbons (Fsp3) is 0.708. The smallest absolute Gasteiger partial charge is 0.137 e. The van der Waals surface area contributed by atoms with E-state index < -0.39 is 0 Å². The van der Waals surface area contributed by atoms with Crippen molar-refractivity contribution in [3.05, 3.63) is 23.3 Å². The van der Waals surface area contributed by atoms with E-state index in [9.17, 15) is 15.0 Å². The number of phenolic OH excluding ortho intramolecular Hbond substituents is 2. The van der Waals surface area contributed by atoms with Crippen LogP contribution in [-0.2, 0) is 10.2 Å². The number of carbonyl (C=O) groups excluding carboxylic acids is 1. The molecular weight excluding hydrogens is 336 g/mol. The van der Waals surface area contributed by atoms with Gasteiger partial charge in [-0.3, -0.25) is 4.79 Å². The van der Waals surface area contributed by atoms with Crippen LogP contribution in [0.3, 0.4) is 0 Å². The first kappa shape index (κ1) is 20.2. The minimum Gasteiger partial charge on any atom is -0.508 e. The summed E-state index contributed by atoms with van der Waals surface area (Å²) in [6.07, 6.45) is 7.20. The Hall–Kier alpha value is -1.51. The summed E-state index contributed by atoms with van der Waals surface area (Å²) in [4.78, 5) is 12.5. The molecule has 0 radical (unpaired) electrons. The molecule has 150 valence electrons. The number of hydrogen-bond donors (Lipinski definition) is 2. The second kappa shape index (κ2) is 7.14. The van der Waals surface area contributed by atoms with Gasteiger partial charge in [-0.1, -0.05) is 60.3 Å². The molecule has 0 heterocycles. The maximum absolute atomic E-state index is 12.5. The molecule has 3 atom stereocenters. The molecule has 0 amide bonds. The molecule has 3 aliphatic carbocycles.